The van der Waals surface area contributed by atoms with Gasteiger partial charge in [-0.1, -0.05) is 24.4 Å². The SMILES string of the molecule is CC(=O)N[C@@H](Cc1ccc([N+](=O)[O-])cc1)C(N)=S. The molecule has 0 aliphatic rings. The lowest BCUT2D eigenvalue weighted by molar-refractivity contribution is -0.384. The quantitative estimate of drug-likeness (QED) is 0.470. The van der Waals surface area contributed by atoms with E-state index in [4.69, 9.17) is 18.0 Å². The number of nitrogens with two attached hydrogens (primary N) is 1. The minimum Gasteiger partial charge on any atom is -0.392 e. The van der Waals surface area contributed by atoms with Crippen molar-refractivity contribution in [2.45, 2.75) is 19.4 Å². The van der Waals surface area contributed by atoms with Crippen molar-refractivity contribution in [2.24, 2.45) is 5.73 Å². The maximum atomic E-state index is 11.0. The zero-order valence-electron chi connectivity index (χ0n) is 9.75. The van der Waals surface area contributed by atoms with Crippen molar-refractivity contribution in [1.82, 2.24) is 5.32 Å². The molecule has 3 N–H and O–H groups in total. The maximum absolute atomic E-state index is 11.0. The summed E-state index contributed by atoms with van der Waals surface area (Å²) in [6.45, 7) is 1.38. The first kappa shape index (κ1) is 14.0. The van der Waals surface area contributed by atoms with Gasteiger partial charge in [0.1, 0.15) is 0 Å². The number of carbonyl (C=O) groups is 1. The molecule has 96 valence electrons. The predicted molar refractivity (Wildman–Crippen MR) is 71.2 cm³/mol. The second-order valence-electron chi connectivity index (χ2n) is 3.78. The lowest BCUT2D eigenvalue weighted by Gasteiger charge is -2.16. The van der Waals surface area contributed by atoms with E-state index in [-0.39, 0.29) is 16.6 Å². The predicted octanol–water partition coefficient (Wildman–Crippen LogP) is 0.928. The van der Waals surface area contributed by atoms with Crippen LogP contribution in [0.4, 0.5) is 5.69 Å². The number of non-ortho nitro benzene ring substituents is 1. The molecule has 1 aromatic carbocycles. The number of nitro benzene ring substituents is 1. The number of amides is 1. The highest BCUT2D eigenvalue weighted by molar-refractivity contribution is 7.80. The van der Waals surface area contributed by atoms with E-state index in [1.807, 2.05) is 0 Å². The normalized spacial score (nSPS) is 11.6. The Morgan fingerprint density at radius 3 is 2.44 bits per heavy atom. The van der Waals surface area contributed by atoms with Gasteiger partial charge in [0.15, 0.2) is 0 Å². The lowest BCUT2D eigenvalue weighted by atomic mass is 10.1. The van der Waals surface area contributed by atoms with E-state index in [2.05, 4.69) is 5.32 Å². The van der Waals surface area contributed by atoms with Crippen LogP contribution >= 0.6 is 12.2 Å². The third kappa shape index (κ3) is 4.10. The first-order valence-corrected chi connectivity index (χ1v) is 5.60. The average Bonchev–Trinajstić information content (AvgIpc) is 2.28. The number of benzene rings is 1. The third-order valence-electron chi connectivity index (χ3n) is 2.31. The summed E-state index contributed by atoms with van der Waals surface area (Å²) in [7, 11) is 0. The summed E-state index contributed by atoms with van der Waals surface area (Å²) in [5.74, 6) is -0.227. The van der Waals surface area contributed by atoms with Crippen LogP contribution in [0.2, 0.25) is 0 Å². The van der Waals surface area contributed by atoms with E-state index in [0.717, 1.165) is 5.56 Å². The molecule has 7 heteroatoms. The highest BCUT2D eigenvalue weighted by atomic mass is 32.1. The Kier molecular flexibility index (Phi) is 4.73. The van der Waals surface area contributed by atoms with Crippen LogP contribution in [0.25, 0.3) is 0 Å². The molecule has 1 atom stereocenters. The van der Waals surface area contributed by atoms with Crippen LogP contribution in [-0.4, -0.2) is 21.9 Å². The fourth-order valence-corrected chi connectivity index (χ4v) is 1.60. The first-order chi connectivity index (χ1) is 8.40. The largest absolute Gasteiger partial charge is 0.392 e. The van der Waals surface area contributed by atoms with E-state index < -0.39 is 11.0 Å². The molecule has 0 saturated heterocycles. The Labute approximate surface area is 109 Å². The van der Waals surface area contributed by atoms with E-state index >= 15 is 0 Å². The summed E-state index contributed by atoms with van der Waals surface area (Å²) >= 11 is 4.86. The summed E-state index contributed by atoms with van der Waals surface area (Å²) in [5.41, 5.74) is 6.35. The van der Waals surface area contributed by atoms with Crippen LogP contribution in [-0.2, 0) is 11.2 Å². The molecule has 0 fully saturated rings. The Morgan fingerprint density at radius 2 is 2.06 bits per heavy atom. The van der Waals surface area contributed by atoms with Crippen molar-refractivity contribution in [3.05, 3.63) is 39.9 Å². The zero-order valence-corrected chi connectivity index (χ0v) is 10.6. The number of hydrogen-bond acceptors (Lipinski definition) is 4. The molecule has 1 rings (SSSR count). The molecular weight excluding hydrogens is 254 g/mol. The second kappa shape index (κ2) is 6.06. The van der Waals surface area contributed by atoms with Crippen molar-refractivity contribution < 1.29 is 9.72 Å². The maximum Gasteiger partial charge on any atom is 0.269 e. The summed E-state index contributed by atoms with van der Waals surface area (Å²) in [5, 5.41) is 13.1. The minimum absolute atomic E-state index is 0.0187. The standard InChI is InChI=1S/C11H13N3O3S/c1-7(15)13-10(11(12)18)6-8-2-4-9(5-3-8)14(16)17/h2-5,10H,6H2,1H3,(H2,12,18)(H,13,15)/t10-/m0/s1. The Balaban J connectivity index is 2.78. The summed E-state index contributed by atoms with van der Waals surface area (Å²) < 4.78 is 0. The first-order valence-electron chi connectivity index (χ1n) is 5.20. The molecule has 1 amide bonds. The van der Waals surface area contributed by atoms with Crippen molar-refractivity contribution >= 4 is 28.8 Å². The van der Waals surface area contributed by atoms with Gasteiger partial charge in [-0.05, 0) is 12.0 Å². The highest BCUT2D eigenvalue weighted by Gasteiger charge is 2.14. The van der Waals surface area contributed by atoms with Gasteiger partial charge in [-0.15, -0.1) is 0 Å². The van der Waals surface area contributed by atoms with E-state index in [0.29, 0.717) is 6.42 Å². The number of carbonyl (C=O) groups excluding carboxylic acids is 1. The van der Waals surface area contributed by atoms with Gasteiger partial charge < -0.3 is 11.1 Å². The van der Waals surface area contributed by atoms with Crippen LogP contribution in [0.5, 0.6) is 0 Å². The van der Waals surface area contributed by atoms with Gasteiger partial charge in [-0.2, -0.15) is 0 Å². The number of thiocarbonyl (C=S) groups is 1. The summed E-state index contributed by atoms with van der Waals surface area (Å²) in [4.78, 5) is 21.2. The molecule has 0 aromatic heterocycles. The topological polar surface area (TPSA) is 98.3 Å². The molecule has 0 spiro atoms. The number of rotatable bonds is 5. The van der Waals surface area contributed by atoms with Crippen LogP contribution in [0.1, 0.15) is 12.5 Å². The van der Waals surface area contributed by atoms with Crippen molar-refractivity contribution in [1.29, 1.82) is 0 Å². The number of nitro groups is 1. The Hall–Kier alpha value is -2.02. The molecule has 18 heavy (non-hydrogen) atoms. The van der Waals surface area contributed by atoms with Gasteiger partial charge in [0, 0.05) is 19.1 Å². The van der Waals surface area contributed by atoms with Crippen molar-refractivity contribution in [3.8, 4) is 0 Å². The Morgan fingerprint density at radius 1 is 1.50 bits per heavy atom. The average molecular weight is 267 g/mol. The minimum atomic E-state index is -0.470. The fourth-order valence-electron chi connectivity index (χ4n) is 1.46. The van der Waals surface area contributed by atoms with Crippen LogP contribution in [0.3, 0.4) is 0 Å². The lowest BCUT2D eigenvalue weighted by Crippen LogP contribution is -2.44. The van der Waals surface area contributed by atoms with Gasteiger partial charge in [0.25, 0.3) is 5.69 Å². The molecule has 0 heterocycles. The van der Waals surface area contributed by atoms with E-state index in [1.54, 1.807) is 12.1 Å². The molecule has 1 aromatic rings. The molecule has 0 bridgehead atoms. The van der Waals surface area contributed by atoms with Gasteiger partial charge in [-0.25, -0.2) is 0 Å². The van der Waals surface area contributed by atoms with Crippen molar-refractivity contribution in [3.63, 3.8) is 0 Å². The third-order valence-corrected chi connectivity index (χ3v) is 2.59. The highest BCUT2D eigenvalue weighted by Crippen LogP contribution is 2.13. The molecule has 0 unspecified atom stereocenters. The van der Waals surface area contributed by atoms with Gasteiger partial charge in [0.2, 0.25) is 5.91 Å². The van der Waals surface area contributed by atoms with Gasteiger partial charge in [-0.3, -0.25) is 14.9 Å². The molecule has 0 aliphatic carbocycles. The van der Waals surface area contributed by atoms with E-state index in [1.165, 1.54) is 19.1 Å². The molecule has 0 saturated carbocycles. The molecule has 0 radical (unpaired) electrons. The summed E-state index contributed by atoms with van der Waals surface area (Å²) in [6, 6.07) is 5.59. The van der Waals surface area contributed by atoms with Crippen LogP contribution in [0, 0.1) is 10.1 Å². The Bertz CT molecular complexity index is 473. The number of hydrogen-bond donors (Lipinski definition) is 2. The summed E-state index contributed by atoms with van der Waals surface area (Å²) in [6.07, 6.45) is 0.410. The zero-order chi connectivity index (χ0) is 13.7. The van der Waals surface area contributed by atoms with Crippen LogP contribution in [0.15, 0.2) is 24.3 Å². The second-order valence-corrected chi connectivity index (χ2v) is 4.25. The smallest absolute Gasteiger partial charge is 0.269 e. The monoisotopic (exact) mass is 267 g/mol. The van der Waals surface area contributed by atoms with Crippen molar-refractivity contribution in [2.75, 3.05) is 0 Å². The van der Waals surface area contributed by atoms with E-state index in [9.17, 15) is 14.9 Å². The molecule has 6 nitrogen and oxygen atoms in total. The van der Waals surface area contributed by atoms with Gasteiger partial charge >= 0.3 is 0 Å². The molecule has 0 aliphatic heterocycles. The molecular formula is C11H13N3O3S. The van der Waals surface area contributed by atoms with Gasteiger partial charge in [0.05, 0.1) is 16.0 Å². The fraction of sp³-hybridized carbons (Fsp3) is 0.273. The number of nitrogens with one attached hydrogen (secondary N) is 1. The van der Waals surface area contributed by atoms with Crippen LogP contribution < -0.4 is 11.1 Å². The number of nitrogens with zero attached hydrogens (tertiary/aromatic N) is 1.